The molecule has 1 saturated carbocycles. The number of hydrogen-bond donors (Lipinski definition) is 0. The van der Waals surface area contributed by atoms with Crippen molar-refractivity contribution in [3.63, 3.8) is 0 Å². The fourth-order valence-electron chi connectivity index (χ4n) is 7.68. The van der Waals surface area contributed by atoms with Gasteiger partial charge in [0, 0.05) is 43.4 Å². The van der Waals surface area contributed by atoms with Crippen LogP contribution in [0.3, 0.4) is 0 Å². The minimum Gasteiger partial charge on any atom is -0.486 e. The van der Waals surface area contributed by atoms with Crippen LogP contribution >= 0.6 is 0 Å². The Kier molecular flexibility index (Phi) is 10.8. The fraction of sp³-hybridized carbons (Fsp3) is 0.267. The molecule has 1 aliphatic carbocycles. The third kappa shape index (κ3) is 7.36. The molecule has 4 nitrogen and oxygen atoms in total. The summed E-state index contributed by atoms with van der Waals surface area (Å²) >= 11 is 0. The van der Waals surface area contributed by atoms with Crippen LogP contribution in [0.4, 0.5) is 0 Å². The molecule has 3 aromatic carbocycles. The van der Waals surface area contributed by atoms with Gasteiger partial charge in [0.1, 0.15) is 0 Å². The van der Waals surface area contributed by atoms with Gasteiger partial charge < -0.3 is 14.4 Å². The number of pyridine rings is 3. The van der Waals surface area contributed by atoms with Crippen LogP contribution in [0.25, 0.3) is 55.8 Å². The van der Waals surface area contributed by atoms with E-state index >= 15 is 0 Å². The summed E-state index contributed by atoms with van der Waals surface area (Å²) < 4.78 is 6.41. The maximum Gasteiger partial charge on any atom is 0.216 e. The van der Waals surface area contributed by atoms with E-state index in [4.69, 9.17) is 14.4 Å². The summed E-state index contributed by atoms with van der Waals surface area (Å²) in [5.74, 6) is 2.15. The van der Waals surface area contributed by atoms with E-state index in [0.29, 0.717) is 11.6 Å². The molecule has 255 valence electrons. The first-order valence-electron chi connectivity index (χ1n) is 17.4. The molecule has 4 heterocycles. The number of aryl methyl sites for hydroxylation is 4. The van der Waals surface area contributed by atoms with Gasteiger partial charge in [-0.1, -0.05) is 66.8 Å². The number of hydrogen-bond acceptors (Lipinski definition) is 4. The number of rotatable bonds is 4. The molecule has 7 aromatic rings. The normalized spacial score (nSPS) is 17.2. The summed E-state index contributed by atoms with van der Waals surface area (Å²) in [6.45, 7) is 13.3. The molecule has 0 spiro atoms. The van der Waals surface area contributed by atoms with Crippen molar-refractivity contribution >= 4 is 22.1 Å². The zero-order chi connectivity index (χ0) is 34.1. The molecule has 1 aliphatic rings. The first kappa shape index (κ1) is 35.4. The zero-order valence-corrected chi connectivity index (χ0v) is 32.1. The monoisotopic (exact) mass is 834 g/mol. The van der Waals surface area contributed by atoms with Crippen molar-refractivity contribution in [3.05, 3.63) is 137 Å². The Hall–Kier alpha value is -4.44. The zero-order valence-electron chi connectivity index (χ0n) is 29.7. The number of nitrogens with zero attached hydrogens (tertiary/aromatic N) is 3. The molecule has 0 saturated heterocycles. The third-order valence-electron chi connectivity index (χ3n) is 9.96. The third-order valence-corrected chi connectivity index (χ3v) is 9.96. The van der Waals surface area contributed by atoms with Gasteiger partial charge in [-0.2, -0.15) is 0 Å². The molecule has 1 radical (unpaired) electrons. The van der Waals surface area contributed by atoms with Crippen molar-refractivity contribution < 1.29 is 24.5 Å². The molecule has 0 bridgehead atoms. The Morgan fingerprint density at radius 1 is 0.660 bits per heavy atom. The average Bonchev–Trinajstić information content (AvgIpc) is 3.47. The largest absolute Gasteiger partial charge is 0.486 e. The van der Waals surface area contributed by atoms with Crippen LogP contribution in [0.5, 0.6) is 0 Å². The molecule has 0 amide bonds. The minimum atomic E-state index is 0. The Morgan fingerprint density at radius 3 is 2.08 bits per heavy atom. The van der Waals surface area contributed by atoms with Crippen molar-refractivity contribution in [2.75, 3.05) is 0 Å². The van der Waals surface area contributed by atoms with Gasteiger partial charge in [-0.05, 0) is 110 Å². The van der Waals surface area contributed by atoms with Gasteiger partial charge in [-0.3, -0.25) is 0 Å². The number of aromatic nitrogens is 3. The smallest absolute Gasteiger partial charge is 0.216 e. The van der Waals surface area contributed by atoms with Crippen LogP contribution in [0.2, 0.25) is 0 Å². The molecule has 1 fully saturated rings. The summed E-state index contributed by atoms with van der Waals surface area (Å²) in [5, 5.41) is 2.08. The van der Waals surface area contributed by atoms with Crippen molar-refractivity contribution in [2.45, 2.75) is 66.7 Å². The topological polar surface area (TPSA) is 51.8 Å². The van der Waals surface area contributed by atoms with E-state index in [1.54, 1.807) is 0 Å². The SMILES string of the molecule is Cc1cc(-c2[c-]ccc3c2oc2nc(-c4c(C)cccc4C)ccc23)ncc1C1CC(C)CC(C)C1.Cc1ccc(-c2[c-]cccc2)nc1.[Ir]. The van der Waals surface area contributed by atoms with E-state index in [9.17, 15) is 0 Å². The quantitative estimate of drug-likeness (QED) is 0.166. The molecule has 2 unspecified atom stereocenters. The van der Waals surface area contributed by atoms with Crippen molar-refractivity contribution in [3.8, 4) is 33.8 Å². The van der Waals surface area contributed by atoms with E-state index in [-0.39, 0.29) is 20.1 Å². The first-order valence-corrected chi connectivity index (χ1v) is 17.4. The Bertz CT molecular complexity index is 2210. The number of furan rings is 1. The summed E-state index contributed by atoms with van der Waals surface area (Å²) in [6, 6.07) is 35.3. The second-order valence-electron chi connectivity index (χ2n) is 14.1. The van der Waals surface area contributed by atoms with Gasteiger partial charge in [-0.15, -0.1) is 54.1 Å². The summed E-state index contributed by atoms with van der Waals surface area (Å²) in [6.07, 6.45) is 7.82. The second-order valence-corrected chi connectivity index (χ2v) is 14.1. The van der Waals surface area contributed by atoms with E-state index in [2.05, 4.69) is 106 Å². The Morgan fingerprint density at radius 2 is 1.40 bits per heavy atom. The predicted octanol–water partition coefficient (Wildman–Crippen LogP) is 11.8. The predicted molar refractivity (Wildman–Crippen MR) is 201 cm³/mol. The first-order chi connectivity index (χ1) is 23.7. The standard InChI is InChI=1S/C33H33N2O.C12H10N.Ir/c1-19-14-20(2)16-24(15-19)28-18-34-30(17-23(28)5)27-11-7-10-25-26-12-13-29(35-33(26)36-32(25)27)31-21(3)8-6-9-22(31)4;1-10-7-8-12(13-9-10)11-5-3-2-4-6-11;/h6-10,12-13,17-20,24H,14-16H2,1-5H3;2-5,7-9H,1H3;/q2*-1;. The summed E-state index contributed by atoms with van der Waals surface area (Å²) in [7, 11) is 0. The maximum atomic E-state index is 6.41. The van der Waals surface area contributed by atoms with Crippen LogP contribution in [-0.4, -0.2) is 15.0 Å². The van der Waals surface area contributed by atoms with Crippen molar-refractivity contribution in [1.82, 2.24) is 15.0 Å². The Balaban J connectivity index is 0.000000260. The molecule has 0 N–H and O–H groups in total. The van der Waals surface area contributed by atoms with Crippen molar-refractivity contribution in [1.29, 1.82) is 0 Å². The molecular weight excluding hydrogens is 791 g/mol. The van der Waals surface area contributed by atoms with Gasteiger partial charge in [0.25, 0.3) is 0 Å². The molecule has 0 aliphatic heterocycles. The number of fused-ring (bicyclic) bond motifs is 3. The van der Waals surface area contributed by atoms with E-state index in [1.807, 2.05) is 49.5 Å². The summed E-state index contributed by atoms with van der Waals surface area (Å²) in [5.41, 5.74) is 13.7. The van der Waals surface area contributed by atoms with Crippen molar-refractivity contribution in [2.24, 2.45) is 11.8 Å². The van der Waals surface area contributed by atoms with Crippen LogP contribution in [-0.2, 0) is 20.1 Å². The van der Waals surface area contributed by atoms with E-state index < -0.39 is 0 Å². The number of benzene rings is 3. The molecule has 50 heavy (non-hydrogen) atoms. The van der Waals surface area contributed by atoms with E-state index in [1.165, 1.54) is 52.6 Å². The van der Waals surface area contributed by atoms with Gasteiger partial charge in [-0.25, -0.2) is 4.98 Å². The molecule has 8 rings (SSSR count). The van der Waals surface area contributed by atoms with Crippen LogP contribution in [0.1, 0.15) is 66.8 Å². The molecule has 5 heteroatoms. The minimum absolute atomic E-state index is 0. The summed E-state index contributed by atoms with van der Waals surface area (Å²) in [4.78, 5) is 14.2. The molecule has 4 aromatic heterocycles. The second kappa shape index (κ2) is 15.2. The maximum absolute atomic E-state index is 6.41. The van der Waals surface area contributed by atoms with Gasteiger partial charge in [0.05, 0.1) is 11.3 Å². The van der Waals surface area contributed by atoms with Crippen LogP contribution < -0.4 is 0 Å². The molecule has 2 atom stereocenters. The Labute approximate surface area is 309 Å². The van der Waals surface area contributed by atoms with E-state index in [0.717, 1.165) is 56.4 Å². The van der Waals surface area contributed by atoms with Gasteiger partial charge in [0.15, 0.2) is 0 Å². The molecular formula is C45H43IrN3O-2. The van der Waals surface area contributed by atoms with Gasteiger partial charge >= 0.3 is 0 Å². The van der Waals surface area contributed by atoms with Crippen LogP contribution in [0.15, 0.2) is 102 Å². The van der Waals surface area contributed by atoms with Gasteiger partial charge in [0.2, 0.25) is 5.71 Å². The van der Waals surface area contributed by atoms with Crippen LogP contribution in [0, 0.1) is 51.7 Å². The fourth-order valence-corrected chi connectivity index (χ4v) is 7.68. The average molecular weight is 834 g/mol.